The van der Waals surface area contributed by atoms with E-state index in [4.69, 9.17) is 4.74 Å². The monoisotopic (exact) mass is 518 g/mol. The summed E-state index contributed by atoms with van der Waals surface area (Å²) < 4.78 is 35.5. The van der Waals surface area contributed by atoms with Gasteiger partial charge in [-0.15, -0.1) is 5.10 Å². The van der Waals surface area contributed by atoms with Gasteiger partial charge in [0.15, 0.2) is 0 Å². The summed E-state index contributed by atoms with van der Waals surface area (Å²) in [5, 5.41) is 8.35. The van der Waals surface area contributed by atoms with Crippen LogP contribution in [0.4, 0.5) is 0 Å². The Bertz CT molecular complexity index is 1150. The summed E-state index contributed by atoms with van der Waals surface area (Å²) in [5.74, 6) is -0.0514. The van der Waals surface area contributed by atoms with Crippen molar-refractivity contribution in [2.45, 2.75) is 74.9 Å². The normalized spacial score (nSPS) is 23.0. The van der Waals surface area contributed by atoms with Crippen molar-refractivity contribution in [2.24, 2.45) is 0 Å². The minimum atomic E-state index is -3.82. The van der Waals surface area contributed by atoms with Crippen LogP contribution in [0.15, 0.2) is 23.1 Å². The number of carbonyl (C=O) groups excluding carboxylic acids is 1. The van der Waals surface area contributed by atoms with Crippen molar-refractivity contribution in [3.05, 3.63) is 18.2 Å². The average molecular weight is 519 g/mol. The Labute approximate surface area is 213 Å². The van der Waals surface area contributed by atoms with Gasteiger partial charge in [-0.2, -0.15) is 4.31 Å². The lowest BCUT2D eigenvalue weighted by molar-refractivity contribution is -0.136. The predicted octanol–water partition coefficient (Wildman–Crippen LogP) is 2.10. The van der Waals surface area contributed by atoms with E-state index in [1.807, 2.05) is 4.90 Å². The molecule has 0 spiro atoms. The summed E-state index contributed by atoms with van der Waals surface area (Å²) in [6.45, 7) is 4.75. The number of amides is 1. The van der Waals surface area contributed by atoms with Crippen molar-refractivity contribution in [3.8, 4) is 0 Å². The average Bonchev–Trinajstić information content (AvgIpc) is 3.57. The number of aryl methyl sites for hydroxylation is 1. The molecule has 1 saturated carbocycles. The number of carbonyl (C=O) groups is 1. The molecule has 10 nitrogen and oxygen atoms in total. The zero-order chi connectivity index (χ0) is 25.1. The van der Waals surface area contributed by atoms with E-state index in [-0.39, 0.29) is 10.8 Å². The third kappa shape index (κ3) is 5.16. The van der Waals surface area contributed by atoms with Crippen molar-refractivity contribution in [3.63, 3.8) is 0 Å². The number of nitrogens with zero attached hydrogens (tertiary/aromatic N) is 6. The van der Waals surface area contributed by atoms with Gasteiger partial charge in [0.25, 0.3) is 0 Å². The van der Waals surface area contributed by atoms with Crippen LogP contribution in [0.5, 0.6) is 0 Å². The highest BCUT2D eigenvalue weighted by atomic mass is 32.2. The smallest absolute Gasteiger partial charge is 0.243 e. The molecule has 1 unspecified atom stereocenters. The molecule has 0 radical (unpaired) electrons. The van der Waals surface area contributed by atoms with E-state index in [1.165, 1.54) is 36.4 Å². The molecule has 1 aromatic heterocycles. The molecule has 5 rings (SSSR count). The molecule has 0 bridgehead atoms. The standard InChI is InChI=1S/C25H38N6O4S/c1-35-18-6-12-30-23-11-10-21(19-22(23)26-27-30)36(33,34)31-13-5-9-24(31)25(32)29-16-14-28(15-17-29)20-7-3-2-4-8-20/h10-11,19-20,24H,2-9,12-18H2,1H3. The number of benzene rings is 1. The number of hydrogen-bond acceptors (Lipinski definition) is 7. The van der Waals surface area contributed by atoms with Crippen molar-refractivity contribution in [1.82, 2.24) is 29.1 Å². The summed E-state index contributed by atoms with van der Waals surface area (Å²) >= 11 is 0. The van der Waals surface area contributed by atoms with E-state index in [1.54, 1.807) is 30.0 Å². The lowest BCUT2D eigenvalue weighted by Crippen LogP contribution is -2.56. The van der Waals surface area contributed by atoms with E-state index >= 15 is 0 Å². The zero-order valence-corrected chi connectivity index (χ0v) is 22.0. The van der Waals surface area contributed by atoms with Gasteiger partial charge >= 0.3 is 0 Å². The fourth-order valence-corrected chi connectivity index (χ4v) is 7.68. The van der Waals surface area contributed by atoms with E-state index in [9.17, 15) is 13.2 Å². The van der Waals surface area contributed by atoms with Crippen LogP contribution in [0.2, 0.25) is 0 Å². The van der Waals surface area contributed by atoms with Crippen LogP contribution in [0.1, 0.15) is 51.4 Å². The number of piperazine rings is 1. The second kappa shape index (κ2) is 11.1. The molecular weight excluding hydrogens is 480 g/mol. The first-order valence-corrected chi connectivity index (χ1v) is 14.8. The molecule has 2 aliphatic heterocycles. The molecule has 1 aromatic carbocycles. The van der Waals surface area contributed by atoms with E-state index in [0.717, 1.165) is 25.0 Å². The van der Waals surface area contributed by atoms with Crippen molar-refractivity contribution < 1.29 is 17.9 Å². The molecule has 1 amide bonds. The van der Waals surface area contributed by atoms with Crippen molar-refractivity contribution in [1.29, 1.82) is 0 Å². The highest BCUT2D eigenvalue weighted by Crippen LogP contribution is 2.30. The van der Waals surface area contributed by atoms with Gasteiger partial charge in [0.2, 0.25) is 15.9 Å². The second-order valence-corrected chi connectivity index (χ2v) is 12.1. The topological polar surface area (TPSA) is 101 Å². The number of ether oxygens (including phenoxy) is 1. The fraction of sp³-hybridized carbons (Fsp3) is 0.720. The van der Waals surface area contributed by atoms with Crippen LogP contribution < -0.4 is 0 Å². The number of aromatic nitrogens is 3. The van der Waals surface area contributed by atoms with Crippen molar-refractivity contribution in [2.75, 3.05) is 46.4 Å². The molecule has 11 heteroatoms. The van der Waals surface area contributed by atoms with Crippen LogP contribution in [0.3, 0.4) is 0 Å². The fourth-order valence-electron chi connectivity index (χ4n) is 6.01. The SMILES string of the molecule is COCCCn1nnc2cc(S(=O)(=O)N3CCCC3C(=O)N3CCN(C4CCCCC4)CC3)ccc21. The molecule has 3 fully saturated rings. The zero-order valence-electron chi connectivity index (χ0n) is 21.2. The number of fused-ring (bicyclic) bond motifs is 1. The molecule has 3 heterocycles. The van der Waals surface area contributed by atoms with E-state index < -0.39 is 16.1 Å². The second-order valence-electron chi connectivity index (χ2n) is 10.2. The molecule has 1 aliphatic carbocycles. The Kier molecular flexibility index (Phi) is 7.90. The van der Waals surface area contributed by atoms with Crippen LogP contribution in [-0.4, -0.2) is 102 Å². The Morgan fingerprint density at radius 2 is 1.81 bits per heavy atom. The maximum atomic E-state index is 13.6. The first kappa shape index (κ1) is 25.6. The molecular formula is C25H38N6O4S. The summed E-state index contributed by atoms with van der Waals surface area (Å²) in [6, 6.07) is 4.96. The molecule has 1 atom stereocenters. The van der Waals surface area contributed by atoms with Gasteiger partial charge in [0.1, 0.15) is 11.6 Å². The largest absolute Gasteiger partial charge is 0.385 e. The van der Waals surface area contributed by atoms with Gasteiger partial charge in [-0.1, -0.05) is 24.5 Å². The van der Waals surface area contributed by atoms with Gasteiger partial charge in [0.05, 0.1) is 10.4 Å². The first-order valence-electron chi connectivity index (χ1n) is 13.4. The van der Waals surface area contributed by atoms with E-state index in [2.05, 4.69) is 15.2 Å². The Balaban J connectivity index is 1.26. The van der Waals surface area contributed by atoms with Crippen LogP contribution >= 0.6 is 0 Å². The predicted molar refractivity (Wildman–Crippen MR) is 136 cm³/mol. The molecule has 2 aromatic rings. The number of rotatable bonds is 8. The van der Waals surface area contributed by atoms with Gasteiger partial charge < -0.3 is 9.64 Å². The summed E-state index contributed by atoms with van der Waals surface area (Å²) in [7, 11) is -2.17. The maximum absolute atomic E-state index is 13.6. The quantitative estimate of drug-likeness (QED) is 0.493. The van der Waals surface area contributed by atoms with Gasteiger partial charge in [-0.3, -0.25) is 9.69 Å². The maximum Gasteiger partial charge on any atom is 0.243 e. The summed E-state index contributed by atoms with van der Waals surface area (Å²) in [4.78, 5) is 18.1. The molecule has 198 valence electrons. The Hall–Kier alpha value is -2.08. The van der Waals surface area contributed by atoms with E-state index in [0.29, 0.717) is 57.2 Å². The lowest BCUT2D eigenvalue weighted by atomic mass is 9.94. The molecule has 0 N–H and O–H groups in total. The summed E-state index contributed by atoms with van der Waals surface area (Å²) in [5.41, 5.74) is 1.32. The number of methoxy groups -OCH3 is 1. The minimum absolute atomic E-state index is 0.0514. The first-order chi connectivity index (χ1) is 17.5. The van der Waals surface area contributed by atoms with Crippen LogP contribution in [0.25, 0.3) is 11.0 Å². The van der Waals surface area contributed by atoms with Crippen LogP contribution in [0, 0.1) is 0 Å². The highest BCUT2D eigenvalue weighted by molar-refractivity contribution is 7.89. The van der Waals surface area contributed by atoms with Crippen molar-refractivity contribution >= 4 is 27.0 Å². The summed E-state index contributed by atoms with van der Waals surface area (Å²) in [6.07, 6.45) is 8.50. The Morgan fingerprint density at radius 1 is 1.03 bits per heavy atom. The van der Waals surface area contributed by atoms with Gasteiger partial charge in [-0.05, 0) is 50.3 Å². The molecule has 36 heavy (non-hydrogen) atoms. The third-order valence-electron chi connectivity index (χ3n) is 8.02. The van der Waals surface area contributed by atoms with Crippen LogP contribution in [-0.2, 0) is 26.1 Å². The number of hydrogen-bond donors (Lipinski definition) is 0. The lowest BCUT2D eigenvalue weighted by Gasteiger charge is -2.41. The van der Waals surface area contributed by atoms with Gasteiger partial charge in [-0.25, -0.2) is 13.1 Å². The highest BCUT2D eigenvalue weighted by Gasteiger charge is 2.42. The molecule has 2 saturated heterocycles. The minimum Gasteiger partial charge on any atom is -0.385 e. The Morgan fingerprint density at radius 3 is 2.56 bits per heavy atom. The third-order valence-corrected chi connectivity index (χ3v) is 9.92. The molecule has 3 aliphatic rings. The van der Waals surface area contributed by atoms with Gasteiger partial charge in [0, 0.05) is 59.0 Å². The number of sulfonamides is 1.